The first-order valence-corrected chi connectivity index (χ1v) is 7.73. The monoisotopic (exact) mass is 364 g/mol. The van der Waals surface area contributed by atoms with Crippen molar-refractivity contribution in [3.05, 3.63) is 24.3 Å². The molecule has 0 bridgehead atoms. The van der Waals surface area contributed by atoms with Gasteiger partial charge in [-0.2, -0.15) is 0 Å². The number of hydrogen-bond acceptors (Lipinski definition) is 8. The summed E-state index contributed by atoms with van der Waals surface area (Å²) in [5.74, 6) is -1.35. The molecule has 0 radical (unpaired) electrons. The van der Waals surface area contributed by atoms with E-state index in [-0.39, 0.29) is 69.9 Å². The number of phenols is 2. The molecule has 12 heteroatoms. The summed E-state index contributed by atoms with van der Waals surface area (Å²) >= 11 is 0. The Morgan fingerprint density at radius 1 is 0.773 bits per heavy atom. The Morgan fingerprint density at radius 3 is 1.73 bits per heavy atom. The van der Waals surface area contributed by atoms with Gasteiger partial charge in [-0.15, -0.1) is 0 Å². The quantitative estimate of drug-likeness (QED) is 0.303. The van der Waals surface area contributed by atoms with Crippen LogP contribution in [-0.2, 0) is 20.2 Å². The van der Waals surface area contributed by atoms with Crippen LogP contribution in [0.1, 0.15) is 0 Å². The molecule has 0 atom stereocenters. The maximum atomic E-state index is 11.1. The van der Waals surface area contributed by atoms with Crippen LogP contribution in [0, 0.1) is 0 Å². The molecule has 8 nitrogen and oxygen atoms in total. The van der Waals surface area contributed by atoms with Gasteiger partial charge in [-0.1, -0.05) is 0 Å². The van der Waals surface area contributed by atoms with Gasteiger partial charge in [0.05, 0.1) is 9.79 Å². The van der Waals surface area contributed by atoms with Gasteiger partial charge >= 0.3 is 59.1 Å². The van der Waals surface area contributed by atoms with E-state index < -0.39 is 41.5 Å². The SMILES string of the molecule is O=S(=O)([O-])c1cc(S(=O)(=O)[O-])c2cc(O)c(O)cc2c1.[Na+].[Na+]. The van der Waals surface area contributed by atoms with Crippen molar-refractivity contribution in [3.63, 3.8) is 0 Å². The molecule has 0 spiro atoms. The number of benzene rings is 2. The second-order valence-corrected chi connectivity index (χ2v) is 6.62. The Kier molecular flexibility index (Phi) is 7.38. The molecule has 0 amide bonds. The first-order chi connectivity index (χ1) is 9.00. The van der Waals surface area contributed by atoms with Crippen LogP contribution in [0.5, 0.6) is 11.5 Å². The molecule has 0 aliphatic heterocycles. The molecule has 0 aromatic heterocycles. The van der Waals surface area contributed by atoms with Gasteiger partial charge in [0, 0.05) is 5.39 Å². The zero-order valence-corrected chi connectivity index (χ0v) is 17.1. The number of phenolic OH excluding ortho intramolecular Hbond substituents is 2. The summed E-state index contributed by atoms with van der Waals surface area (Å²) in [6.07, 6.45) is 0. The van der Waals surface area contributed by atoms with Crippen LogP contribution in [0.15, 0.2) is 34.1 Å². The van der Waals surface area contributed by atoms with Crippen LogP contribution >= 0.6 is 0 Å². The molecule has 0 saturated heterocycles. The van der Waals surface area contributed by atoms with Gasteiger partial charge in [0.2, 0.25) is 0 Å². The van der Waals surface area contributed by atoms with Gasteiger partial charge < -0.3 is 19.3 Å². The summed E-state index contributed by atoms with van der Waals surface area (Å²) in [5, 5.41) is 18.1. The molecule has 2 N–H and O–H groups in total. The first-order valence-electron chi connectivity index (χ1n) is 4.91. The molecule has 0 aliphatic carbocycles. The van der Waals surface area contributed by atoms with E-state index in [4.69, 9.17) is 0 Å². The molecule has 0 heterocycles. The summed E-state index contributed by atoms with van der Waals surface area (Å²) in [6, 6.07) is 2.85. The Labute approximate surface area is 170 Å². The number of hydrogen-bond donors (Lipinski definition) is 2. The smallest absolute Gasteiger partial charge is 0.744 e. The van der Waals surface area contributed by atoms with E-state index in [0.717, 1.165) is 18.2 Å². The van der Waals surface area contributed by atoms with Gasteiger partial charge in [0.1, 0.15) is 20.2 Å². The predicted octanol–water partition coefficient (Wildman–Crippen LogP) is -5.93. The van der Waals surface area contributed by atoms with Crippen molar-refractivity contribution in [2.75, 3.05) is 0 Å². The van der Waals surface area contributed by atoms with Crippen molar-refractivity contribution in [2.24, 2.45) is 0 Å². The van der Waals surface area contributed by atoms with E-state index in [2.05, 4.69) is 0 Å². The number of rotatable bonds is 2. The van der Waals surface area contributed by atoms with Gasteiger partial charge in [0.25, 0.3) is 0 Å². The van der Waals surface area contributed by atoms with Crippen LogP contribution in [-0.4, -0.2) is 36.2 Å². The fraction of sp³-hybridized carbons (Fsp3) is 0. The Morgan fingerprint density at radius 2 is 1.27 bits per heavy atom. The zero-order valence-electron chi connectivity index (χ0n) is 11.5. The number of aromatic hydroxyl groups is 2. The third kappa shape index (κ3) is 4.57. The third-order valence-corrected chi connectivity index (χ3v) is 4.23. The fourth-order valence-corrected chi connectivity index (χ4v) is 3.00. The van der Waals surface area contributed by atoms with Crippen LogP contribution in [0.2, 0.25) is 0 Å². The van der Waals surface area contributed by atoms with E-state index >= 15 is 0 Å². The Hall–Kier alpha value is 0.120. The summed E-state index contributed by atoms with van der Waals surface area (Å²) in [7, 11) is -10.1. The third-order valence-electron chi connectivity index (χ3n) is 2.54. The predicted molar refractivity (Wildman–Crippen MR) is 63.2 cm³/mol. The van der Waals surface area contributed by atoms with E-state index in [0.29, 0.717) is 6.07 Å². The second-order valence-electron chi connectivity index (χ2n) is 3.89. The average molecular weight is 364 g/mol. The molecule has 2 rings (SSSR count). The fourth-order valence-electron chi connectivity index (χ4n) is 1.68. The molecule has 2 aromatic rings. The largest absolute Gasteiger partial charge is 1.00 e. The summed E-state index contributed by atoms with van der Waals surface area (Å²) in [4.78, 5) is -1.90. The first kappa shape index (κ1) is 22.1. The minimum absolute atomic E-state index is 0. The molecular weight excluding hydrogens is 358 g/mol. The van der Waals surface area contributed by atoms with Gasteiger partial charge in [0.15, 0.2) is 11.5 Å². The maximum absolute atomic E-state index is 11.1. The summed E-state index contributed by atoms with van der Waals surface area (Å²) in [5.41, 5.74) is 0. The molecule has 22 heavy (non-hydrogen) atoms. The van der Waals surface area contributed by atoms with E-state index in [1.807, 2.05) is 0 Å². The molecular formula is C10H6Na2O8S2. The maximum Gasteiger partial charge on any atom is 1.00 e. The normalized spacial score (nSPS) is 11.5. The summed E-state index contributed by atoms with van der Waals surface area (Å²) < 4.78 is 66.2. The van der Waals surface area contributed by atoms with Crippen LogP contribution < -0.4 is 59.1 Å². The summed E-state index contributed by atoms with van der Waals surface area (Å²) in [6.45, 7) is 0. The van der Waals surface area contributed by atoms with Gasteiger partial charge in [-0.25, -0.2) is 16.8 Å². The van der Waals surface area contributed by atoms with Crippen LogP contribution in [0.25, 0.3) is 10.8 Å². The van der Waals surface area contributed by atoms with E-state index in [1.165, 1.54) is 0 Å². The van der Waals surface area contributed by atoms with Crippen LogP contribution in [0.4, 0.5) is 0 Å². The Bertz CT molecular complexity index is 922. The zero-order chi connectivity index (χ0) is 15.3. The molecule has 0 saturated carbocycles. The second kappa shape index (κ2) is 7.34. The minimum Gasteiger partial charge on any atom is -0.744 e. The molecule has 108 valence electrons. The molecule has 2 aromatic carbocycles. The number of fused-ring (bicyclic) bond motifs is 1. The molecule has 0 aliphatic rings. The van der Waals surface area contributed by atoms with Gasteiger partial charge in [-0.3, -0.25) is 0 Å². The van der Waals surface area contributed by atoms with Gasteiger partial charge in [-0.05, 0) is 29.7 Å². The van der Waals surface area contributed by atoms with Crippen molar-refractivity contribution in [2.45, 2.75) is 9.79 Å². The van der Waals surface area contributed by atoms with Crippen molar-refractivity contribution in [1.29, 1.82) is 0 Å². The topological polar surface area (TPSA) is 155 Å². The molecule has 0 unspecified atom stereocenters. The van der Waals surface area contributed by atoms with Crippen LogP contribution in [0.3, 0.4) is 0 Å². The van der Waals surface area contributed by atoms with Crippen molar-refractivity contribution in [1.82, 2.24) is 0 Å². The van der Waals surface area contributed by atoms with Crippen molar-refractivity contribution < 1.29 is 95.3 Å². The minimum atomic E-state index is -5.09. The average Bonchev–Trinajstić information content (AvgIpc) is 2.26. The standard InChI is InChI=1S/C10H8O8S2.2Na/c11-8-2-5-1-6(19(13,14)15)3-10(20(16,17)18)7(5)4-9(8)12;;/h1-4,11-12H,(H,13,14,15)(H,16,17,18);;/q;2*+1/p-2. The molecule has 0 fully saturated rings. The van der Waals surface area contributed by atoms with Crippen molar-refractivity contribution in [3.8, 4) is 11.5 Å². The van der Waals surface area contributed by atoms with Crippen molar-refractivity contribution >= 4 is 31.0 Å². The Balaban J connectivity index is 0.00000220. The van der Waals surface area contributed by atoms with E-state index in [9.17, 15) is 36.2 Å². The van der Waals surface area contributed by atoms with E-state index in [1.54, 1.807) is 0 Å².